The Morgan fingerprint density at radius 1 is 1.14 bits per heavy atom. The van der Waals surface area contributed by atoms with Crippen LogP contribution in [0.5, 0.6) is 0 Å². The van der Waals surface area contributed by atoms with Crippen LogP contribution in [0.25, 0.3) is 22.2 Å². The van der Waals surface area contributed by atoms with E-state index in [9.17, 15) is 9.90 Å². The van der Waals surface area contributed by atoms with E-state index >= 15 is 0 Å². The van der Waals surface area contributed by atoms with Gasteiger partial charge in [-0.15, -0.1) is 12.6 Å². The highest BCUT2D eigenvalue weighted by Crippen LogP contribution is 2.41. The Bertz CT molecular complexity index is 1500. The highest BCUT2D eigenvalue weighted by molar-refractivity contribution is 7.84. The van der Waals surface area contributed by atoms with Crippen molar-refractivity contribution in [2.45, 2.75) is 5.60 Å². The summed E-state index contributed by atoms with van der Waals surface area (Å²) in [4.78, 5) is 18.6. The third kappa shape index (κ3) is 4.34. The average molecular weight is 505 g/mol. The predicted octanol–water partition coefficient (Wildman–Crippen LogP) is 4.62. The summed E-state index contributed by atoms with van der Waals surface area (Å²) in [5.41, 5.74) is 7.38. The molecule has 0 bridgehead atoms. The van der Waals surface area contributed by atoms with E-state index < -0.39 is 5.60 Å². The van der Waals surface area contributed by atoms with Crippen LogP contribution in [-0.4, -0.2) is 26.6 Å². The maximum Gasteiger partial charge on any atom is 0.348 e. The van der Waals surface area contributed by atoms with Crippen molar-refractivity contribution in [3.63, 3.8) is 0 Å². The number of benzene rings is 3. The number of aromatic nitrogens is 2. The molecule has 8 heteroatoms. The standard InChI is InChI=1S/C27H25ClN4O2S/c1-17(35)31(2)24(16-29)27(34,19-9-12-21(28)13-10-19)20-11-14-23-22(15-20)25(30-26(33)32(23)3)18-7-5-4-6-8-18/h4-16,34-35H,1,29H2,2-3H3/b24-16-. The van der Waals surface area contributed by atoms with Gasteiger partial charge in [-0.1, -0.05) is 66.7 Å². The van der Waals surface area contributed by atoms with Gasteiger partial charge >= 0.3 is 5.69 Å². The van der Waals surface area contributed by atoms with Crippen molar-refractivity contribution in [2.75, 3.05) is 7.05 Å². The topological polar surface area (TPSA) is 84.4 Å². The van der Waals surface area contributed by atoms with E-state index in [0.717, 1.165) is 5.56 Å². The van der Waals surface area contributed by atoms with Crippen molar-refractivity contribution >= 4 is 35.1 Å². The predicted molar refractivity (Wildman–Crippen MR) is 145 cm³/mol. The monoisotopic (exact) mass is 504 g/mol. The first-order chi connectivity index (χ1) is 16.7. The molecule has 0 aliphatic rings. The van der Waals surface area contributed by atoms with Crippen molar-refractivity contribution in [1.29, 1.82) is 0 Å². The minimum absolute atomic E-state index is 0.346. The van der Waals surface area contributed by atoms with Gasteiger partial charge in [0.15, 0.2) is 5.60 Å². The largest absolute Gasteiger partial charge is 0.403 e. The van der Waals surface area contributed by atoms with Crippen molar-refractivity contribution in [3.8, 4) is 11.3 Å². The lowest BCUT2D eigenvalue weighted by Crippen LogP contribution is -2.37. The lowest BCUT2D eigenvalue weighted by molar-refractivity contribution is 0.0962. The molecule has 0 aliphatic heterocycles. The maximum absolute atomic E-state index is 12.6. The fourth-order valence-corrected chi connectivity index (χ4v) is 4.39. The minimum Gasteiger partial charge on any atom is -0.403 e. The Morgan fingerprint density at radius 2 is 1.77 bits per heavy atom. The molecule has 0 saturated carbocycles. The lowest BCUT2D eigenvalue weighted by Gasteiger charge is -2.37. The molecule has 4 rings (SSSR count). The molecular formula is C27H25ClN4O2S. The number of hydrogen-bond acceptors (Lipinski definition) is 6. The molecule has 3 aromatic carbocycles. The highest BCUT2D eigenvalue weighted by Gasteiger charge is 2.39. The first kappa shape index (κ1) is 24.6. The van der Waals surface area contributed by atoms with Crippen molar-refractivity contribution in [2.24, 2.45) is 12.8 Å². The van der Waals surface area contributed by atoms with Crippen LogP contribution in [-0.2, 0) is 12.6 Å². The van der Waals surface area contributed by atoms with Gasteiger partial charge in [-0.25, -0.2) is 4.79 Å². The summed E-state index contributed by atoms with van der Waals surface area (Å²) in [7, 11) is 3.39. The van der Waals surface area contributed by atoms with Gasteiger partial charge < -0.3 is 15.7 Å². The molecule has 6 nitrogen and oxygen atoms in total. The van der Waals surface area contributed by atoms with Crippen LogP contribution < -0.4 is 11.4 Å². The highest BCUT2D eigenvalue weighted by atomic mass is 35.5. The number of nitrogens with two attached hydrogens (primary N) is 1. The van der Waals surface area contributed by atoms with Crippen LogP contribution in [0.15, 0.2) is 101 Å². The first-order valence-electron chi connectivity index (χ1n) is 10.8. The summed E-state index contributed by atoms with van der Waals surface area (Å²) in [6.45, 7) is 3.88. The van der Waals surface area contributed by atoms with Gasteiger partial charge in [0.1, 0.15) is 0 Å². The molecule has 3 N–H and O–H groups in total. The van der Waals surface area contributed by atoms with E-state index in [2.05, 4.69) is 24.2 Å². The first-order valence-corrected chi connectivity index (χ1v) is 11.6. The molecule has 4 aromatic rings. The van der Waals surface area contributed by atoms with Crippen molar-refractivity contribution in [3.05, 3.63) is 123 Å². The summed E-state index contributed by atoms with van der Waals surface area (Å²) in [6, 6.07) is 21.7. The zero-order valence-corrected chi connectivity index (χ0v) is 21.0. The summed E-state index contributed by atoms with van der Waals surface area (Å²) < 4.78 is 1.48. The number of halogens is 1. The van der Waals surface area contributed by atoms with Gasteiger partial charge in [-0.05, 0) is 35.4 Å². The fraction of sp³-hybridized carbons (Fsp3) is 0.111. The molecule has 1 aromatic heterocycles. The van der Waals surface area contributed by atoms with Gasteiger partial charge in [0.2, 0.25) is 0 Å². The molecule has 178 valence electrons. The fourth-order valence-electron chi connectivity index (χ4n) is 4.16. The quantitative estimate of drug-likeness (QED) is 0.334. The van der Waals surface area contributed by atoms with E-state index in [1.807, 2.05) is 36.4 Å². The number of thiol groups is 1. The number of rotatable bonds is 6. The molecule has 0 amide bonds. The Kier molecular flexibility index (Phi) is 6.76. The normalized spacial score (nSPS) is 13.5. The Hall–Kier alpha value is -3.52. The van der Waals surface area contributed by atoms with E-state index in [1.165, 1.54) is 10.8 Å². The summed E-state index contributed by atoms with van der Waals surface area (Å²) in [6.07, 6.45) is 1.33. The molecule has 1 unspecified atom stereocenters. The number of aliphatic hydroxyl groups is 1. The second-order valence-electron chi connectivity index (χ2n) is 8.14. The van der Waals surface area contributed by atoms with Gasteiger partial charge in [0, 0.05) is 36.3 Å². The van der Waals surface area contributed by atoms with Crippen LogP contribution in [0.4, 0.5) is 0 Å². The van der Waals surface area contributed by atoms with Gasteiger partial charge in [0.25, 0.3) is 0 Å². The Morgan fingerprint density at radius 3 is 2.37 bits per heavy atom. The minimum atomic E-state index is -1.70. The molecule has 1 heterocycles. The molecule has 0 spiro atoms. The molecule has 1 atom stereocenters. The third-order valence-corrected chi connectivity index (χ3v) is 6.66. The SMILES string of the molecule is C=C(S)N(C)/C(=C\N)C(O)(c1ccc(Cl)cc1)c1ccc2c(c1)c(-c1ccccc1)nc(=O)n2C. The molecule has 35 heavy (non-hydrogen) atoms. The van der Waals surface area contributed by atoms with E-state index in [-0.39, 0.29) is 5.69 Å². The van der Waals surface area contributed by atoms with E-state index in [1.54, 1.807) is 55.4 Å². The van der Waals surface area contributed by atoms with Gasteiger partial charge in [-0.2, -0.15) is 4.98 Å². The Balaban J connectivity index is 2.07. The molecule has 0 saturated heterocycles. The summed E-state index contributed by atoms with van der Waals surface area (Å²) in [5.74, 6) is 0. The van der Waals surface area contributed by atoms with Crippen LogP contribution in [0, 0.1) is 0 Å². The van der Waals surface area contributed by atoms with Crippen LogP contribution >= 0.6 is 24.2 Å². The van der Waals surface area contributed by atoms with Gasteiger partial charge in [-0.3, -0.25) is 4.57 Å². The number of nitrogens with zero attached hydrogens (tertiary/aromatic N) is 3. The molecular weight excluding hydrogens is 480 g/mol. The number of aryl methyl sites for hydroxylation is 1. The lowest BCUT2D eigenvalue weighted by atomic mass is 9.82. The van der Waals surface area contributed by atoms with Crippen LogP contribution in [0.1, 0.15) is 11.1 Å². The molecule has 0 fully saturated rings. The second kappa shape index (κ2) is 9.62. The zero-order valence-electron chi connectivity index (χ0n) is 19.3. The smallest absolute Gasteiger partial charge is 0.348 e. The summed E-state index contributed by atoms with van der Waals surface area (Å²) in [5, 5.41) is 14.0. The third-order valence-electron chi connectivity index (χ3n) is 6.11. The number of fused-ring (bicyclic) bond motifs is 1. The van der Waals surface area contributed by atoms with Crippen molar-refractivity contribution in [1.82, 2.24) is 14.5 Å². The number of hydrogen-bond donors (Lipinski definition) is 3. The number of likely N-dealkylation sites (N-methyl/N-ethyl adjacent to an activating group) is 1. The van der Waals surface area contributed by atoms with Crippen molar-refractivity contribution < 1.29 is 5.11 Å². The molecule has 0 aliphatic carbocycles. The van der Waals surface area contributed by atoms with Gasteiger partial charge in [0.05, 0.1) is 21.9 Å². The van der Waals surface area contributed by atoms with E-state index in [0.29, 0.717) is 43.5 Å². The van der Waals surface area contributed by atoms with Crippen LogP contribution in [0.3, 0.4) is 0 Å². The Labute approximate surface area is 214 Å². The second-order valence-corrected chi connectivity index (χ2v) is 9.10. The van der Waals surface area contributed by atoms with Crippen LogP contribution in [0.2, 0.25) is 5.02 Å². The summed E-state index contributed by atoms with van der Waals surface area (Å²) >= 11 is 10.5. The molecule has 0 radical (unpaired) electrons. The zero-order chi connectivity index (χ0) is 25.3. The van der Waals surface area contributed by atoms with E-state index in [4.69, 9.17) is 17.3 Å². The average Bonchev–Trinajstić information content (AvgIpc) is 2.87. The maximum atomic E-state index is 12.6.